The molecule has 12 heteroatoms. The average Bonchev–Trinajstić information content (AvgIpc) is 3.40. The maximum absolute atomic E-state index is 14.5. The summed E-state index contributed by atoms with van der Waals surface area (Å²) in [6.07, 6.45) is 2.74. The van der Waals surface area contributed by atoms with Gasteiger partial charge in [-0.25, -0.2) is 29.6 Å². The second-order valence-electron chi connectivity index (χ2n) is 9.83. The van der Waals surface area contributed by atoms with Crippen LogP contribution < -0.4 is 10.3 Å². The first-order valence-corrected chi connectivity index (χ1v) is 16.1. The van der Waals surface area contributed by atoms with Crippen LogP contribution in [0.15, 0.2) is 88.8 Å². The van der Waals surface area contributed by atoms with Gasteiger partial charge in [0.1, 0.15) is 17.1 Å². The predicted octanol–water partition coefficient (Wildman–Crippen LogP) is 5.56. The van der Waals surface area contributed by atoms with E-state index in [1.165, 1.54) is 67.3 Å². The highest BCUT2D eigenvalue weighted by Gasteiger charge is 2.24. The van der Waals surface area contributed by atoms with E-state index in [9.17, 15) is 30.4 Å². The lowest BCUT2D eigenvalue weighted by Gasteiger charge is -2.16. The molecule has 2 aromatic heterocycles. The summed E-state index contributed by atoms with van der Waals surface area (Å²) in [7, 11) is -6.16. The summed E-state index contributed by atoms with van der Waals surface area (Å²) in [5.41, 5.74) is 1.13. The van der Waals surface area contributed by atoms with E-state index in [2.05, 4.69) is 0 Å². The fourth-order valence-electron chi connectivity index (χ4n) is 4.57. The van der Waals surface area contributed by atoms with Crippen molar-refractivity contribution in [2.45, 2.75) is 24.5 Å². The van der Waals surface area contributed by atoms with Gasteiger partial charge in [0, 0.05) is 47.8 Å². The van der Waals surface area contributed by atoms with E-state index in [0.717, 1.165) is 21.7 Å². The first kappa shape index (κ1) is 29.2. The Morgan fingerprint density at radius 3 is 2.21 bits per heavy atom. The second-order valence-corrected chi connectivity index (χ2v) is 14.0. The summed E-state index contributed by atoms with van der Waals surface area (Å²) >= 11 is 0. The van der Waals surface area contributed by atoms with Crippen LogP contribution >= 0.6 is 0 Å². The molecule has 8 nitrogen and oxygen atoms in total. The van der Waals surface area contributed by atoms with Gasteiger partial charge >= 0.3 is 0 Å². The molecule has 0 radical (unpaired) electrons. The third-order valence-corrected chi connectivity index (χ3v) is 10.2. The van der Waals surface area contributed by atoms with Gasteiger partial charge < -0.3 is 9.30 Å². The molecule has 5 rings (SSSR count). The molecular weight excluding hydrogens is 586 g/mol. The Hall–Kier alpha value is -4.29. The van der Waals surface area contributed by atoms with Gasteiger partial charge in [-0.05, 0) is 55.0 Å². The van der Waals surface area contributed by atoms with Crippen molar-refractivity contribution >= 4 is 30.8 Å². The number of halogens is 2. The van der Waals surface area contributed by atoms with Gasteiger partial charge in [-0.1, -0.05) is 30.7 Å². The third kappa shape index (κ3) is 5.47. The summed E-state index contributed by atoms with van der Waals surface area (Å²) in [5.74, 6) is -2.35. The second kappa shape index (κ2) is 10.8. The summed E-state index contributed by atoms with van der Waals surface area (Å²) in [5, 5.41) is 0.244. The van der Waals surface area contributed by atoms with Crippen molar-refractivity contribution in [1.82, 2.24) is 8.54 Å². The number of aromatic nitrogens is 2. The molecule has 0 amide bonds. The molecule has 42 heavy (non-hydrogen) atoms. The molecule has 0 aliphatic carbocycles. The first-order chi connectivity index (χ1) is 19.8. The molecule has 0 spiro atoms. The van der Waals surface area contributed by atoms with Gasteiger partial charge in [-0.15, -0.1) is 0 Å². The van der Waals surface area contributed by atoms with E-state index in [1.807, 2.05) is 6.92 Å². The molecule has 0 atom stereocenters. The molecular formula is C30H26F2N2O6S2. The number of aryl methyl sites for hydroxylation is 2. The Morgan fingerprint density at radius 2 is 1.55 bits per heavy atom. The summed E-state index contributed by atoms with van der Waals surface area (Å²) in [4.78, 5) is 13.3. The lowest BCUT2D eigenvalue weighted by Crippen LogP contribution is -2.22. The predicted molar refractivity (Wildman–Crippen MR) is 156 cm³/mol. The van der Waals surface area contributed by atoms with Crippen LogP contribution in [0.1, 0.15) is 18.1 Å². The van der Waals surface area contributed by atoms with E-state index in [-0.39, 0.29) is 44.4 Å². The molecule has 5 aromatic rings. The van der Waals surface area contributed by atoms with Gasteiger partial charge in [0.2, 0.25) is 0 Å². The number of hydrogen-bond donors (Lipinski definition) is 0. The van der Waals surface area contributed by atoms with Crippen LogP contribution in [0.4, 0.5) is 8.78 Å². The van der Waals surface area contributed by atoms with Crippen molar-refractivity contribution in [3.8, 4) is 22.6 Å². The number of pyridine rings is 1. The van der Waals surface area contributed by atoms with Crippen LogP contribution in [0.25, 0.3) is 22.0 Å². The molecule has 0 aliphatic rings. The van der Waals surface area contributed by atoms with E-state index >= 15 is 0 Å². The molecule has 0 saturated carbocycles. The summed E-state index contributed by atoms with van der Waals surface area (Å²) in [6.45, 7) is 3.35. The number of fused-ring (bicyclic) bond motifs is 1. The van der Waals surface area contributed by atoms with Crippen molar-refractivity contribution in [3.63, 3.8) is 0 Å². The topological polar surface area (TPSA) is 104 Å². The zero-order valence-corrected chi connectivity index (χ0v) is 24.5. The lowest BCUT2D eigenvalue weighted by molar-refractivity contribution is 0.439. The fourth-order valence-corrected chi connectivity index (χ4v) is 6.80. The summed E-state index contributed by atoms with van der Waals surface area (Å²) in [6, 6.07) is 15.0. The van der Waals surface area contributed by atoms with Crippen molar-refractivity contribution in [2.75, 3.05) is 5.75 Å². The number of ether oxygens (including phenoxy) is 1. The molecule has 0 unspecified atom stereocenters. The minimum Gasteiger partial charge on any atom is -0.454 e. The molecule has 0 bridgehead atoms. The number of rotatable bonds is 8. The van der Waals surface area contributed by atoms with Gasteiger partial charge in [0.05, 0.1) is 10.6 Å². The highest BCUT2D eigenvalue weighted by Crippen LogP contribution is 2.39. The van der Waals surface area contributed by atoms with Gasteiger partial charge in [-0.2, -0.15) is 0 Å². The number of benzene rings is 3. The van der Waals surface area contributed by atoms with Gasteiger partial charge in [-0.3, -0.25) is 4.79 Å². The van der Waals surface area contributed by atoms with Crippen molar-refractivity contribution < 1.29 is 30.4 Å². The number of nitrogens with zero attached hydrogens (tertiary/aromatic N) is 2. The Labute approximate surface area is 241 Å². The van der Waals surface area contributed by atoms with Crippen LogP contribution in [-0.4, -0.2) is 31.1 Å². The van der Waals surface area contributed by atoms with Crippen LogP contribution in [-0.2, 0) is 32.7 Å². The molecule has 0 N–H and O–H groups in total. The Bertz CT molecular complexity index is 2120. The van der Waals surface area contributed by atoms with Gasteiger partial charge in [0.25, 0.3) is 15.6 Å². The van der Waals surface area contributed by atoms with Crippen molar-refractivity contribution in [2.24, 2.45) is 7.05 Å². The van der Waals surface area contributed by atoms with Crippen LogP contribution in [0, 0.1) is 18.6 Å². The van der Waals surface area contributed by atoms with E-state index in [4.69, 9.17) is 4.74 Å². The molecule has 0 aliphatic heterocycles. The van der Waals surface area contributed by atoms with E-state index in [0.29, 0.717) is 17.2 Å². The Kier molecular flexibility index (Phi) is 7.54. The zero-order valence-electron chi connectivity index (χ0n) is 22.8. The largest absolute Gasteiger partial charge is 0.454 e. The number of hydrogen-bond acceptors (Lipinski definition) is 6. The quantitative estimate of drug-likeness (QED) is 0.227. The molecule has 218 valence electrons. The average molecular weight is 613 g/mol. The van der Waals surface area contributed by atoms with E-state index in [1.54, 1.807) is 12.1 Å². The van der Waals surface area contributed by atoms with Crippen LogP contribution in [0.2, 0.25) is 0 Å². The smallest absolute Gasteiger partial charge is 0.275 e. The molecule has 0 saturated heterocycles. The maximum atomic E-state index is 14.5. The highest BCUT2D eigenvalue weighted by molar-refractivity contribution is 7.90. The maximum Gasteiger partial charge on any atom is 0.275 e. The van der Waals surface area contributed by atoms with Crippen molar-refractivity contribution in [3.05, 3.63) is 112 Å². The third-order valence-electron chi connectivity index (χ3n) is 6.84. The normalized spacial score (nSPS) is 12.1. The van der Waals surface area contributed by atoms with Crippen molar-refractivity contribution in [1.29, 1.82) is 0 Å². The zero-order chi connectivity index (χ0) is 30.4. The van der Waals surface area contributed by atoms with Crippen LogP contribution in [0.5, 0.6) is 11.5 Å². The van der Waals surface area contributed by atoms with E-state index < -0.39 is 37.1 Å². The first-order valence-electron chi connectivity index (χ1n) is 12.8. The van der Waals surface area contributed by atoms with Gasteiger partial charge in [0.15, 0.2) is 21.4 Å². The summed E-state index contributed by atoms with van der Waals surface area (Å²) < 4.78 is 88.1. The standard InChI is InChI=1S/C30H26F2N2O6S2/c1-4-41(36,37)18-20-7-11-27(40-28-12-8-21(31)16-26(28)32)24(15-20)25-17-33(3)30(35)29-23(25)13-14-34(29)42(38,39)22-9-5-19(2)6-10-22/h5-17H,4,18H2,1-3H3. The highest BCUT2D eigenvalue weighted by atomic mass is 32.2. The lowest BCUT2D eigenvalue weighted by atomic mass is 10.0. The Balaban J connectivity index is 1.76. The fraction of sp³-hybridized carbons (Fsp3) is 0.167. The minimum atomic E-state index is -4.17. The molecule has 0 fully saturated rings. The molecule has 2 heterocycles. The monoisotopic (exact) mass is 612 g/mol. The Morgan fingerprint density at radius 1 is 0.857 bits per heavy atom. The van der Waals surface area contributed by atoms with Crippen LogP contribution in [0.3, 0.4) is 0 Å². The number of sulfone groups is 1. The SMILES string of the molecule is CCS(=O)(=O)Cc1ccc(Oc2ccc(F)cc2F)c(-c2cn(C)c(=O)c3c2ccn3S(=O)(=O)c2ccc(C)cc2)c1. The minimum absolute atomic E-state index is 0.0133. The molecule has 3 aromatic carbocycles.